The van der Waals surface area contributed by atoms with Gasteiger partial charge in [-0.25, -0.2) is 9.97 Å². The third kappa shape index (κ3) is 4.76. The van der Waals surface area contributed by atoms with Crippen LogP contribution in [-0.4, -0.2) is 41.5 Å². The van der Waals surface area contributed by atoms with Gasteiger partial charge in [0.2, 0.25) is 0 Å². The molecule has 1 aliphatic heterocycles. The lowest BCUT2D eigenvalue weighted by Gasteiger charge is -2.16. The van der Waals surface area contributed by atoms with E-state index in [1.54, 1.807) is 6.07 Å². The maximum absolute atomic E-state index is 12.2. The van der Waals surface area contributed by atoms with Crippen molar-refractivity contribution in [3.05, 3.63) is 54.0 Å². The van der Waals surface area contributed by atoms with Crippen molar-refractivity contribution >= 4 is 17.7 Å². The van der Waals surface area contributed by atoms with Crippen LogP contribution in [0.3, 0.4) is 0 Å². The molecule has 3 rings (SSSR count). The molecule has 0 saturated carbocycles. The van der Waals surface area contributed by atoms with Gasteiger partial charge in [0.25, 0.3) is 5.91 Å². The monoisotopic (exact) mass is 340 g/mol. The molecule has 0 unspecified atom stereocenters. The van der Waals surface area contributed by atoms with Crippen LogP contribution in [0.5, 0.6) is 0 Å². The van der Waals surface area contributed by atoms with Crippen LogP contribution in [-0.2, 0) is 16.1 Å². The molecule has 2 aromatic rings. The SMILES string of the molecule is O=C(CNC(=O)c1cc(N2CCCC2)ncn1)OCc1ccccc1. The Morgan fingerprint density at radius 3 is 2.64 bits per heavy atom. The summed E-state index contributed by atoms with van der Waals surface area (Å²) in [5.41, 5.74) is 1.14. The zero-order chi connectivity index (χ0) is 17.5. The smallest absolute Gasteiger partial charge is 0.325 e. The lowest BCUT2D eigenvalue weighted by atomic mass is 10.2. The highest BCUT2D eigenvalue weighted by atomic mass is 16.5. The summed E-state index contributed by atoms with van der Waals surface area (Å²) in [6.07, 6.45) is 3.62. The quantitative estimate of drug-likeness (QED) is 0.803. The molecule has 1 saturated heterocycles. The van der Waals surface area contributed by atoms with E-state index in [0.29, 0.717) is 0 Å². The molecular weight excluding hydrogens is 320 g/mol. The van der Waals surface area contributed by atoms with Gasteiger partial charge >= 0.3 is 5.97 Å². The number of rotatable bonds is 6. The Hall–Kier alpha value is -2.96. The molecule has 25 heavy (non-hydrogen) atoms. The Balaban J connectivity index is 1.48. The van der Waals surface area contributed by atoms with Gasteiger partial charge in [0.05, 0.1) is 0 Å². The minimum Gasteiger partial charge on any atom is -0.460 e. The highest BCUT2D eigenvalue weighted by Crippen LogP contribution is 2.17. The summed E-state index contributed by atoms with van der Waals surface area (Å²) in [5.74, 6) is -0.171. The highest BCUT2D eigenvalue weighted by Gasteiger charge is 2.16. The number of carbonyl (C=O) groups is 2. The minimum absolute atomic E-state index is 0.183. The summed E-state index contributed by atoms with van der Waals surface area (Å²) in [5, 5.41) is 2.53. The average molecular weight is 340 g/mol. The first-order chi connectivity index (χ1) is 12.2. The van der Waals surface area contributed by atoms with Gasteiger partial charge in [-0.1, -0.05) is 30.3 Å². The van der Waals surface area contributed by atoms with E-state index in [2.05, 4.69) is 20.2 Å². The fourth-order valence-corrected chi connectivity index (χ4v) is 2.62. The lowest BCUT2D eigenvalue weighted by Crippen LogP contribution is -2.31. The van der Waals surface area contributed by atoms with Crippen LogP contribution >= 0.6 is 0 Å². The molecule has 7 heteroatoms. The molecule has 0 aliphatic carbocycles. The molecule has 0 radical (unpaired) electrons. The normalized spacial score (nSPS) is 13.5. The van der Waals surface area contributed by atoms with Gasteiger partial charge in [-0.05, 0) is 18.4 Å². The number of nitrogens with one attached hydrogen (secondary N) is 1. The minimum atomic E-state index is -0.494. The van der Waals surface area contributed by atoms with Crippen LogP contribution in [0.15, 0.2) is 42.7 Å². The summed E-state index contributed by atoms with van der Waals surface area (Å²) in [6.45, 7) is 1.85. The maximum Gasteiger partial charge on any atom is 0.325 e. The van der Waals surface area contributed by atoms with Gasteiger partial charge < -0.3 is 15.0 Å². The van der Waals surface area contributed by atoms with Crippen molar-refractivity contribution in [2.45, 2.75) is 19.4 Å². The number of aromatic nitrogens is 2. The first-order valence-corrected chi connectivity index (χ1v) is 8.27. The van der Waals surface area contributed by atoms with Crippen molar-refractivity contribution in [3.63, 3.8) is 0 Å². The number of amides is 1. The Labute approximate surface area is 146 Å². The van der Waals surface area contributed by atoms with E-state index in [4.69, 9.17) is 4.74 Å². The predicted molar refractivity (Wildman–Crippen MR) is 92.1 cm³/mol. The van der Waals surface area contributed by atoms with Crippen molar-refractivity contribution in [2.75, 3.05) is 24.5 Å². The van der Waals surface area contributed by atoms with Crippen molar-refractivity contribution < 1.29 is 14.3 Å². The summed E-state index contributed by atoms with van der Waals surface area (Å²) in [6, 6.07) is 11.0. The van der Waals surface area contributed by atoms with Gasteiger partial charge in [-0.15, -0.1) is 0 Å². The van der Waals surface area contributed by atoms with E-state index in [1.165, 1.54) is 6.33 Å². The molecule has 1 N–H and O–H groups in total. The first kappa shape index (κ1) is 16.9. The van der Waals surface area contributed by atoms with E-state index in [-0.39, 0.29) is 18.8 Å². The van der Waals surface area contributed by atoms with Crippen LogP contribution in [0.2, 0.25) is 0 Å². The highest BCUT2D eigenvalue weighted by molar-refractivity contribution is 5.94. The van der Waals surface area contributed by atoms with Crippen molar-refractivity contribution in [1.29, 1.82) is 0 Å². The molecule has 1 aromatic carbocycles. The van der Waals surface area contributed by atoms with Crippen molar-refractivity contribution in [1.82, 2.24) is 15.3 Å². The average Bonchev–Trinajstić information content (AvgIpc) is 3.20. The second-order valence-electron chi connectivity index (χ2n) is 5.78. The molecule has 0 spiro atoms. The second-order valence-corrected chi connectivity index (χ2v) is 5.78. The van der Waals surface area contributed by atoms with Crippen molar-refractivity contribution in [2.24, 2.45) is 0 Å². The number of benzene rings is 1. The number of anilines is 1. The lowest BCUT2D eigenvalue weighted by molar-refractivity contribution is -0.143. The van der Waals surface area contributed by atoms with E-state index in [0.717, 1.165) is 37.3 Å². The Kier molecular flexibility index (Phi) is 5.56. The topological polar surface area (TPSA) is 84.4 Å². The third-order valence-electron chi connectivity index (χ3n) is 3.95. The maximum atomic E-state index is 12.2. The summed E-state index contributed by atoms with van der Waals surface area (Å²) in [7, 11) is 0. The molecule has 2 heterocycles. The van der Waals surface area contributed by atoms with E-state index >= 15 is 0 Å². The van der Waals surface area contributed by atoms with E-state index in [1.807, 2.05) is 30.3 Å². The van der Waals surface area contributed by atoms with Crippen LogP contribution < -0.4 is 10.2 Å². The van der Waals surface area contributed by atoms with Crippen LogP contribution in [0, 0.1) is 0 Å². The molecule has 130 valence electrons. The number of esters is 1. The standard InChI is InChI=1S/C18H20N4O3/c23-17(25-12-14-6-2-1-3-7-14)11-19-18(24)15-10-16(21-13-20-15)22-8-4-5-9-22/h1-3,6-7,10,13H,4-5,8-9,11-12H2,(H,19,24). The third-order valence-corrected chi connectivity index (χ3v) is 3.95. The van der Waals surface area contributed by atoms with Crippen LogP contribution in [0.25, 0.3) is 0 Å². The van der Waals surface area contributed by atoms with Crippen molar-refractivity contribution in [3.8, 4) is 0 Å². The Morgan fingerprint density at radius 1 is 1.12 bits per heavy atom. The molecule has 1 aliphatic rings. The molecule has 1 fully saturated rings. The first-order valence-electron chi connectivity index (χ1n) is 8.27. The van der Waals surface area contributed by atoms with Gasteiger partial charge in [-0.2, -0.15) is 0 Å². The molecule has 1 aromatic heterocycles. The van der Waals surface area contributed by atoms with Gasteiger partial charge in [0.1, 0.15) is 31.0 Å². The zero-order valence-electron chi connectivity index (χ0n) is 13.9. The Morgan fingerprint density at radius 2 is 1.88 bits per heavy atom. The van der Waals surface area contributed by atoms with Gasteiger partial charge in [-0.3, -0.25) is 9.59 Å². The largest absolute Gasteiger partial charge is 0.460 e. The molecular formula is C18H20N4O3. The Bertz CT molecular complexity index is 730. The number of hydrogen-bond donors (Lipinski definition) is 1. The predicted octanol–water partition coefficient (Wildman–Crippen LogP) is 1.55. The summed E-state index contributed by atoms with van der Waals surface area (Å²) in [4.78, 5) is 34.2. The number of carbonyl (C=O) groups excluding carboxylic acids is 2. The van der Waals surface area contributed by atoms with E-state index < -0.39 is 11.9 Å². The number of ether oxygens (including phenoxy) is 1. The molecule has 0 bridgehead atoms. The van der Waals surface area contributed by atoms with E-state index in [9.17, 15) is 9.59 Å². The second kappa shape index (κ2) is 8.23. The van der Waals surface area contributed by atoms with Crippen LogP contribution in [0.1, 0.15) is 28.9 Å². The molecule has 0 atom stereocenters. The molecule has 7 nitrogen and oxygen atoms in total. The number of hydrogen-bond acceptors (Lipinski definition) is 6. The summed E-state index contributed by atoms with van der Waals surface area (Å²) >= 11 is 0. The zero-order valence-corrected chi connectivity index (χ0v) is 13.9. The fourth-order valence-electron chi connectivity index (χ4n) is 2.62. The summed E-state index contributed by atoms with van der Waals surface area (Å²) < 4.78 is 5.12. The van der Waals surface area contributed by atoms with Gasteiger partial charge in [0.15, 0.2) is 0 Å². The van der Waals surface area contributed by atoms with Crippen LogP contribution in [0.4, 0.5) is 5.82 Å². The molecule has 1 amide bonds. The number of nitrogens with zero attached hydrogens (tertiary/aromatic N) is 3. The fraction of sp³-hybridized carbons (Fsp3) is 0.333. The van der Waals surface area contributed by atoms with Gasteiger partial charge in [0, 0.05) is 19.2 Å².